The lowest BCUT2D eigenvalue weighted by molar-refractivity contribution is -0.130. The molecule has 22 heavy (non-hydrogen) atoms. The summed E-state index contributed by atoms with van der Waals surface area (Å²) in [6.07, 6.45) is 2.07. The number of nitrogens with zero attached hydrogens (tertiary/aromatic N) is 2. The molecule has 0 saturated carbocycles. The molecule has 114 valence electrons. The number of aromatic nitrogens is 1. The van der Waals surface area contributed by atoms with Crippen molar-refractivity contribution in [3.63, 3.8) is 0 Å². The van der Waals surface area contributed by atoms with E-state index in [9.17, 15) is 14.4 Å². The molecule has 1 unspecified atom stereocenters. The molecule has 1 aliphatic rings. The third-order valence-electron chi connectivity index (χ3n) is 3.69. The normalized spacial score (nSPS) is 17.6. The van der Waals surface area contributed by atoms with Gasteiger partial charge in [-0.05, 0) is 25.0 Å². The van der Waals surface area contributed by atoms with Gasteiger partial charge < -0.3 is 14.6 Å². The molecule has 7 heteroatoms. The molecular weight excluding hydrogens is 286 g/mol. The van der Waals surface area contributed by atoms with Crippen molar-refractivity contribution in [3.05, 3.63) is 30.2 Å². The van der Waals surface area contributed by atoms with Crippen LogP contribution in [0.25, 0.3) is 11.1 Å². The maximum Gasteiger partial charge on any atom is 0.266 e. The number of Topliss-reactive ketones (excluding diaryl/α,β-unsaturated/α-hetero) is 1. The maximum absolute atomic E-state index is 12.0. The van der Waals surface area contributed by atoms with E-state index in [4.69, 9.17) is 4.42 Å². The van der Waals surface area contributed by atoms with Crippen molar-refractivity contribution in [3.8, 4) is 0 Å². The molecule has 2 heterocycles. The van der Waals surface area contributed by atoms with Crippen LogP contribution in [0.4, 0.5) is 0 Å². The minimum atomic E-state index is -0.492. The van der Waals surface area contributed by atoms with Crippen LogP contribution in [0, 0.1) is 0 Å². The van der Waals surface area contributed by atoms with Gasteiger partial charge in [0.2, 0.25) is 18.1 Å². The van der Waals surface area contributed by atoms with Crippen LogP contribution in [0.3, 0.4) is 0 Å². The minimum Gasteiger partial charge on any atom is -0.434 e. The first-order valence-corrected chi connectivity index (χ1v) is 7.06. The quantitative estimate of drug-likeness (QED) is 0.650. The summed E-state index contributed by atoms with van der Waals surface area (Å²) in [5.74, 6) is -0.755. The third kappa shape index (κ3) is 2.69. The summed E-state index contributed by atoms with van der Waals surface area (Å²) in [5, 5.41) is 2.54. The SMILES string of the molecule is O=CN1CCCC1C(=O)NCC(=O)c1nc2ccccc2o1. The molecule has 0 aliphatic carbocycles. The Bertz CT molecular complexity index is 691. The first-order valence-electron chi connectivity index (χ1n) is 7.06. The lowest BCUT2D eigenvalue weighted by Crippen LogP contribution is -2.44. The molecule has 1 fully saturated rings. The third-order valence-corrected chi connectivity index (χ3v) is 3.69. The standard InChI is InChI=1S/C15H15N3O4/c19-9-18-7-3-5-11(18)14(21)16-8-12(20)15-17-10-4-1-2-6-13(10)22-15/h1-2,4,6,9,11H,3,5,7-8H2,(H,16,21). The monoisotopic (exact) mass is 301 g/mol. The molecule has 0 spiro atoms. The summed E-state index contributed by atoms with van der Waals surface area (Å²) in [5.41, 5.74) is 1.13. The second kappa shape index (κ2) is 5.97. The fraction of sp³-hybridized carbons (Fsp3) is 0.333. The molecule has 0 bridgehead atoms. The summed E-state index contributed by atoms with van der Waals surface area (Å²) in [4.78, 5) is 40.4. The minimum absolute atomic E-state index is 0.0276. The molecule has 3 rings (SSSR count). The van der Waals surface area contributed by atoms with E-state index in [-0.39, 0.29) is 18.3 Å². The molecule has 1 aliphatic heterocycles. The van der Waals surface area contributed by atoms with E-state index in [1.54, 1.807) is 24.3 Å². The van der Waals surface area contributed by atoms with Crippen LogP contribution in [0.5, 0.6) is 0 Å². The molecule has 0 radical (unpaired) electrons. The number of oxazole rings is 1. The van der Waals surface area contributed by atoms with Crippen LogP contribution < -0.4 is 5.32 Å². The number of nitrogens with one attached hydrogen (secondary N) is 1. The molecule has 1 aromatic carbocycles. The fourth-order valence-electron chi connectivity index (χ4n) is 2.55. The van der Waals surface area contributed by atoms with E-state index >= 15 is 0 Å². The summed E-state index contributed by atoms with van der Waals surface area (Å²) < 4.78 is 5.35. The summed E-state index contributed by atoms with van der Waals surface area (Å²) >= 11 is 0. The van der Waals surface area contributed by atoms with Crippen LogP contribution in [0.15, 0.2) is 28.7 Å². The van der Waals surface area contributed by atoms with Gasteiger partial charge in [0.25, 0.3) is 5.89 Å². The number of likely N-dealkylation sites (tertiary alicyclic amines) is 1. The van der Waals surface area contributed by atoms with Gasteiger partial charge in [0.15, 0.2) is 5.58 Å². The smallest absolute Gasteiger partial charge is 0.266 e. The van der Waals surface area contributed by atoms with E-state index in [1.807, 2.05) is 0 Å². The Hall–Kier alpha value is -2.70. The van der Waals surface area contributed by atoms with Crippen LogP contribution in [0.2, 0.25) is 0 Å². The van der Waals surface area contributed by atoms with Gasteiger partial charge in [-0.15, -0.1) is 0 Å². The van der Waals surface area contributed by atoms with Gasteiger partial charge in [-0.1, -0.05) is 12.1 Å². The number of fused-ring (bicyclic) bond motifs is 1. The molecule has 1 saturated heterocycles. The number of para-hydroxylation sites is 2. The number of hydrogen-bond acceptors (Lipinski definition) is 5. The Labute approximate surface area is 126 Å². The maximum atomic E-state index is 12.0. The van der Waals surface area contributed by atoms with Crippen molar-refractivity contribution < 1.29 is 18.8 Å². The highest BCUT2D eigenvalue weighted by Gasteiger charge is 2.29. The number of amides is 2. The first kappa shape index (κ1) is 14.2. The number of hydrogen-bond donors (Lipinski definition) is 1. The largest absolute Gasteiger partial charge is 0.434 e. The van der Waals surface area contributed by atoms with Gasteiger partial charge in [-0.3, -0.25) is 14.4 Å². The van der Waals surface area contributed by atoms with Crippen molar-refractivity contribution in [2.75, 3.05) is 13.1 Å². The molecule has 2 amide bonds. The van der Waals surface area contributed by atoms with E-state index in [0.29, 0.717) is 30.5 Å². The predicted molar refractivity (Wildman–Crippen MR) is 77.1 cm³/mol. The fourth-order valence-corrected chi connectivity index (χ4v) is 2.55. The lowest BCUT2D eigenvalue weighted by Gasteiger charge is -2.18. The van der Waals surface area contributed by atoms with E-state index in [2.05, 4.69) is 10.3 Å². The van der Waals surface area contributed by atoms with E-state index < -0.39 is 11.8 Å². The van der Waals surface area contributed by atoms with Crippen LogP contribution in [0.1, 0.15) is 23.5 Å². The molecule has 1 aromatic heterocycles. The van der Waals surface area contributed by atoms with Gasteiger partial charge in [0.05, 0.1) is 6.54 Å². The zero-order valence-corrected chi connectivity index (χ0v) is 11.8. The van der Waals surface area contributed by atoms with Crippen LogP contribution in [-0.2, 0) is 9.59 Å². The average Bonchev–Trinajstić information content (AvgIpc) is 3.17. The summed E-state index contributed by atoms with van der Waals surface area (Å²) in [6, 6.07) is 6.56. The summed E-state index contributed by atoms with van der Waals surface area (Å²) in [6.45, 7) is 0.371. The first-order chi connectivity index (χ1) is 10.7. The Kier molecular flexibility index (Phi) is 3.86. The van der Waals surface area contributed by atoms with Crippen molar-refractivity contribution in [1.82, 2.24) is 15.2 Å². The zero-order valence-electron chi connectivity index (χ0n) is 11.8. The Balaban J connectivity index is 1.62. The van der Waals surface area contributed by atoms with Gasteiger partial charge in [-0.25, -0.2) is 4.98 Å². The Morgan fingerprint density at radius 1 is 1.41 bits per heavy atom. The van der Waals surface area contributed by atoms with Crippen molar-refractivity contribution >= 4 is 29.2 Å². The second-order valence-corrected chi connectivity index (χ2v) is 5.13. The predicted octanol–water partition coefficient (Wildman–Crippen LogP) is 0.747. The van der Waals surface area contributed by atoms with Crippen molar-refractivity contribution in [2.24, 2.45) is 0 Å². The van der Waals surface area contributed by atoms with Gasteiger partial charge >= 0.3 is 0 Å². The second-order valence-electron chi connectivity index (χ2n) is 5.13. The summed E-state index contributed by atoms with van der Waals surface area (Å²) in [7, 11) is 0. The number of carbonyl (C=O) groups excluding carboxylic acids is 3. The highest BCUT2D eigenvalue weighted by Crippen LogP contribution is 2.16. The van der Waals surface area contributed by atoms with Gasteiger partial charge in [-0.2, -0.15) is 0 Å². The number of rotatable bonds is 5. The topological polar surface area (TPSA) is 92.5 Å². The molecular formula is C15H15N3O4. The molecule has 2 aromatic rings. The van der Waals surface area contributed by atoms with Gasteiger partial charge in [0.1, 0.15) is 11.6 Å². The van der Waals surface area contributed by atoms with E-state index in [1.165, 1.54) is 4.90 Å². The van der Waals surface area contributed by atoms with E-state index in [0.717, 1.165) is 6.42 Å². The van der Waals surface area contributed by atoms with Crippen LogP contribution in [-0.4, -0.2) is 47.1 Å². The Morgan fingerprint density at radius 3 is 3.00 bits per heavy atom. The number of carbonyl (C=O) groups is 3. The van der Waals surface area contributed by atoms with Crippen molar-refractivity contribution in [2.45, 2.75) is 18.9 Å². The molecule has 7 nitrogen and oxygen atoms in total. The number of benzene rings is 1. The molecule has 1 atom stereocenters. The highest BCUT2D eigenvalue weighted by molar-refractivity contribution is 5.98. The Morgan fingerprint density at radius 2 is 2.23 bits per heavy atom. The average molecular weight is 301 g/mol. The van der Waals surface area contributed by atoms with Gasteiger partial charge in [0, 0.05) is 6.54 Å². The highest BCUT2D eigenvalue weighted by atomic mass is 16.4. The lowest BCUT2D eigenvalue weighted by atomic mass is 10.2. The zero-order chi connectivity index (χ0) is 15.5. The molecule has 1 N–H and O–H groups in total. The van der Waals surface area contributed by atoms with Crippen molar-refractivity contribution in [1.29, 1.82) is 0 Å². The van der Waals surface area contributed by atoms with Crippen LogP contribution >= 0.6 is 0 Å². The number of ketones is 1.